The number of hydrogen-bond acceptors (Lipinski definition) is 2. The fourth-order valence-electron chi connectivity index (χ4n) is 3.02. The molecule has 2 N–H and O–H groups in total. The zero-order valence-corrected chi connectivity index (χ0v) is 13.0. The standard InChI is InChI=1S/C14H24BrN3/c1-3-12-14(15)13(18(2)17-12)9-8-11(16)10-6-4-5-7-10/h10-11H,3-9,16H2,1-2H3. The highest BCUT2D eigenvalue weighted by molar-refractivity contribution is 9.10. The van der Waals surface area contributed by atoms with E-state index in [1.54, 1.807) is 0 Å². The molecule has 1 saturated carbocycles. The van der Waals surface area contributed by atoms with E-state index in [0.29, 0.717) is 6.04 Å². The minimum Gasteiger partial charge on any atom is -0.327 e. The van der Waals surface area contributed by atoms with Gasteiger partial charge in [0, 0.05) is 13.1 Å². The Labute approximate surface area is 118 Å². The summed E-state index contributed by atoms with van der Waals surface area (Å²) in [5, 5.41) is 4.53. The molecule has 0 bridgehead atoms. The molecule has 1 aromatic heterocycles. The first-order chi connectivity index (χ1) is 8.63. The molecule has 102 valence electrons. The SMILES string of the molecule is CCc1nn(C)c(CCC(N)C2CCCC2)c1Br. The smallest absolute Gasteiger partial charge is 0.0766 e. The van der Waals surface area contributed by atoms with Crippen molar-refractivity contribution in [1.29, 1.82) is 0 Å². The summed E-state index contributed by atoms with van der Waals surface area (Å²) in [4.78, 5) is 0. The van der Waals surface area contributed by atoms with E-state index in [0.717, 1.165) is 30.9 Å². The van der Waals surface area contributed by atoms with Crippen LogP contribution in [0.2, 0.25) is 0 Å². The summed E-state index contributed by atoms with van der Waals surface area (Å²) in [5.41, 5.74) is 8.77. The minimum atomic E-state index is 0.361. The van der Waals surface area contributed by atoms with Crippen LogP contribution in [-0.4, -0.2) is 15.8 Å². The Morgan fingerprint density at radius 1 is 1.44 bits per heavy atom. The van der Waals surface area contributed by atoms with Gasteiger partial charge >= 0.3 is 0 Å². The summed E-state index contributed by atoms with van der Waals surface area (Å²) < 4.78 is 3.19. The lowest BCUT2D eigenvalue weighted by atomic mass is 9.94. The molecular weight excluding hydrogens is 290 g/mol. The van der Waals surface area contributed by atoms with Gasteiger partial charge in [-0.05, 0) is 54.0 Å². The number of nitrogens with zero attached hydrogens (tertiary/aromatic N) is 2. The summed E-state index contributed by atoms with van der Waals surface area (Å²) in [6.07, 6.45) is 8.47. The van der Waals surface area contributed by atoms with Crippen LogP contribution in [0.3, 0.4) is 0 Å². The molecule has 0 saturated heterocycles. The van der Waals surface area contributed by atoms with Crippen LogP contribution in [0.4, 0.5) is 0 Å². The number of aryl methyl sites for hydroxylation is 2. The second-order valence-electron chi connectivity index (χ2n) is 5.43. The monoisotopic (exact) mass is 313 g/mol. The first kappa shape index (κ1) is 14.1. The van der Waals surface area contributed by atoms with Gasteiger partial charge < -0.3 is 5.73 Å². The summed E-state index contributed by atoms with van der Waals surface area (Å²) in [6.45, 7) is 2.14. The van der Waals surface area contributed by atoms with Gasteiger partial charge in [0.1, 0.15) is 0 Å². The predicted molar refractivity (Wildman–Crippen MR) is 78.5 cm³/mol. The largest absolute Gasteiger partial charge is 0.327 e. The molecule has 0 aromatic carbocycles. The normalized spacial score (nSPS) is 18.4. The Morgan fingerprint density at radius 2 is 2.11 bits per heavy atom. The fourth-order valence-corrected chi connectivity index (χ4v) is 3.83. The van der Waals surface area contributed by atoms with Crippen LogP contribution in [-0.2, 0) is 19.9 Å². The molecule has 2 rings (SSSR count). The Hall–Kier alpha value is -0.350. The maximum absolute atomic E-state index is 6.32. The summed E-state index contributed by atoms with van der Waals surface area (Å²) >= 11 is 3.67. The topological polar surface area (TPSA) is 43.8 Å². The zero-order chi connectivity index (χ0) is 13.1. The maximum Gasteiger partial charge on any atom is 0.0766 e. The third-order valence-electron chi connectivity index (χ3n) is 4.22. The quantitative estimate of drug-likeness (QED) is 0.907. The maximum atomic E-state index is 6.32. The summed E-state index contributed by atoms with van der Waals surface area (Å²) in [5.74, 6) is 0.752. The number of halogens is 1. The summed E-state index contributed by atoms with van der Waals surface area (Å²) in [6, 6.07) is 0.361. The van der Waals surface area contributed by atoms with Gasteiger partial charge in [-0.1, -0.05) is 19.8 Å². The zero-order valence-electron chi connectivity index (χ0n) is 11.5. The molecule has 4 heteroatoms. The molecule has 0 radical (unpaired) electrons. The highest BCUT2D eigenvalue weighted by atomic mass is 79.9. The van der Waals surface area contributed by atoms with E-state index in [4.69, 9.17) is 5.73 Å². The number of nitrogens with two attached hydrogens (primary N) is 1. The molecule has 0 aliphatic heterocycles. The molecule has 1 aliphatic carbocycles. The van der Waals surface area contributed by atoms with Gasteiger partial charge in [0.25, 0.3) is 0 Å². The van der Waals surface area contributed by atoms with E-state index < -0.39 is 0 Å². The third-order valence-corrected chi connectivity index (χ3v) is 5.14. The first-order valence-electron chi connectivity index (χ1n) is 7.09. The van der Waals surface area contributed by atoms with Crippen molar-refractivity contribution in [3.63, 3.8) is 0 Å². The second-order valence-corrected chi connectivity index (χ2v) is 6.22. The average Bonchev–Trinajstić information content (AvgIpc) is 2.96. The lowest BCUT2D eigenvalue weighted by molar-refractivity contribution is 0.407. The van der Waals surface area contributed by atoms with Gasteiger partial charge in [0.15, 0.2) is 0 Å². The first-order valence-corrected chi connectivity index (χ1v) is 7.88. The van der Waals surface area contributed by atoms with Gasteiger partial charge in [-0.15, -0.1) is 0 Å². The molecule has 1 aromatic rings. The molecule has 18 heavy (non-hydrogen) atoms. The van der Waals surface area contributed by atoms with Crippen molar-refractivity contribution < 1.29 is 0 Å². The van der Waals surface area contributed by atoms with Crippen molar-refractivity contribution in [2.75, 3.05) is 0 Å². The van der Waals surface area contributed by atoms with E-state index in [2.05, 4.69) is 28.0 Å². The third kappa shape index (κ3) is 2.97. The molecule has 0 spiro atoms. The van der Waals surface area contributed by atoms with E-state index in [1.165, 1.54) is 35.8 Å². The lowest BCUT2D eigenvalue weighted by Crippen LogP contribution is -2.29. The van der Waals surface area contributed by atoms with Crippen LogP contribution < -0.4 is 5.73 Å². The van der Waals surface area contributed by atoms with Crippen molar-refractivity contribution >= 4 is 15.9 Å². The molecule has 0 amide bonds. The Balaban J connectivity index is 1.95. The average molecular weight is 314 g/mol. The predicted octanol–water partition coefficient (Wildman–Crippen LogP) is 3.20. The molecule has 1 aliphatic rings. The van der Waals surface area contributed by atoms with E-state index in [9.17, 15) is 0 Å². The molecule has 1 fully saturated rings. The van der Waals surface area contributed by atoms with Crippen LogP contribution in [0.25, 0.3) is 0 Å². The van der Waals surface area contributed by atoms with Gasteiger partial charge in [-0.25, -0.2) is 0 Å². The van der Waals surface area contributed by atoms with Gasteiger partial charge in [0.2, 0.25) is 0 Å². The van der Waals surface area contributed by atoms with Crippen molar-refractivity contribution in [2.24, 2.45) is 18.7 Å². The van der Waals surface area contributed by atoms with Gasteiger partial charge in [0.05, 0.1) is 15.9 Å². The van der Waals surface area contributed by atoms with Crippen LogP contribution in [0.15, 0.2) is 4.47 Å². The molecule has 1 atom stereocenters. The van der Waals surface area contributed by atoms with Gasteiger partial charge in [-0.2, -0.15) is 5.10 Å². The highest BCUT2D eigenvalue weighted by Crippen LogP contribution is 2.29. The van der Waals surface area contributed by atoms with Crippen molar-refractivity contribution in [3.8, 4) is 0 Å². The molecular formula is C14H24BrN3. The van der Waals surface area contributed by atoms with Crippen LogP contribution in [0, 0.1) is 5.92 Å². The van der Waals surface area contributed by atoms with Crippen LogP contribution >= 0.6 is 15.9 Å². The molecule has 1 heterocycles. The number of aromatic nitrogens is 2. The van der Waals surface area contributed by atoms with E-state index in [1.807, 2.05) is 11.7 Å². The highest BCUT2D eigenvalue weighted by Gasteiger charge is 2.22. The van der Waals surface area contributed by atoms with Crippen molar-refractivity contribution in [3.05, 3.63) is 15.9 Å². The molecule has 1 unspecified atom stereocenters. The fraction of sp³-hybridized carbons (Fsp3) is 0.786. The Kier molecular flexibility index (Phi) is 4.84. The summed E-state index contributed by atoms with van der Waals surface area (Å²) in [7, 11) is 2.03. The van der Waals surface area contributed by atoms with Gasteiger partial charge in [-0.3, -0.25) is 4.68 Å². The Bertz CT molecular complexity index is 394. The number of rotatable bonds is 5. The Morgan fingerprint density at radius 3 is 2.67 bits per heavy atom. The van der Waals surface area contributed by atoms with E-state index in [-0.39, 0.29) is 0 Å². The van der Waals surface area contributed by atoms with E-state index >= 15 is 0 Å². The van der Waals surface area contributed by atoms with Crippen LogP contribution in [0.5, 0.6) is 0 Å². The lowest BCUT2D eigenvalue weighted by Gasteiger charge is -2.18. The number of hydrogen-bond donors (Lipinski definition) is 1. The second kappa shape index (κ2) is 6.20. The molecule has 3 nitrogen and oxygen atoms in total. The minimum absolute atomic E-state index is 0.361. The van der Waals surface area contributed by atoms with Crippen molar-refractivity contribution in [2.45, 2.75) is 57.9 Å². The van der Waals surface area contributed by atoms with Crippen LogP contribution in [0.1, 0.15) is 50.4 Å². The van der Waals surface area contributed by atoms with Crippen molar-refractivity contribution in [1.82, 2.24) is 9.78 Å².